The number of likely N-dealkylation sites (tertiary alicyclic amines) is 2. The Hall–Kier alpha value is -1.95. The molecule has 34 heavy (non-hydrogen) atoms. The zero-order chi connectivity index (χ0) is 24.3. The number of carbonyl (C=O) groups excluding carboxylic acids is 1. The third kappa shape index (κ3) is 5.81. The van der Waals surface area contributed by atoms with Crippen LogP contribution in [-0.2, 0) is 4.43 Å². The molecular formula is C29H42N2O2Si. The summed E-state index contributed by atoms with van der Waals surface area (Å²) in [6, 6.07) is 18.7. The van der Waals surface area contributed by atoms with Crippen LogP contribution in [0.15, 0.2) is 54.6 Å². The average molecular weight is 479 g/mol. The van der Waals surface area contributed by atoms with E-state index >= 15 is 0 Å². The highest BCUT2D eigenvalue weighted by molar-refractivity contribution is 6.74. The van der Waals surface area contributed by atoms with Crippen LogP contribution in [0.4, 0.5) is 0 Å². The zero-order valence-corrected chi connectivity index (χ0v) is 22.7. The van der Waals surface area contributed by atoms with Crippen molar-refractivity contribution in [1.29, 1.82) is 0 Å². The topological polar surface area (TPSA) is 32.8 Å². The number of nitrogens with zero attached hydrogens (tertiary/aromatic N) is 2. The fraction of sp³-hybridized carbons (Fsp3) is 0.552. The van der Waals surface area contributed by atoms with Crippen molar-refractivity contribution in [2.24, 2.45) is 0 Å². The molecule has 0 saturated carbocycles. The van der Waals surface area contributed by atoms with Crippen molar-refractivity contribution in [1.82, 2.24) is 9.80 Å². The molecule has 1 amide bonds. The van der Waals surface area contributed by atoms with E-state index in [1.54, 1.807) is 0 Å². The molecule has 0 bridgehead atoms. The van der Waals surface area contributed by atoms with E-state index in [4.69, 9.17) is 4.43 Å². The summed E-state index contributed by atoms with van der Waals surface area (Å²) in [5.74, 6) is 0.142. The van der Waals surface area contributed by atoms with Crippen LogP contribution in [0.3, 0.4) is 0 Å². The van der Waals surface area contributed by atoms with Gasteiger partial charge in [-0.3, -0.25) is 4.79 Å². The lowest BCUT2D eigenvalue weighted by molar-refractivity contribution is 0.0678. The molecule has 2 aliphatic rings. The maximum absolute atomic E-state index is 13.7. The van der Waals surface area contributed by atoms with Gasteiger partial charge in [0.05, 0.1) is 6.10 Å². The molecule has 0 radical (unpaired) electrons. The summed E-state index contributed by atoms with van der Waals surface area (Å²) >= 11 is 0. The van der Waals surface area contributed by atoms with Gasteiger partial charge < -0.3 is 14.2 Å². The van der Waals surface area contributed by atoms with Crippen LogP contribution < -0.4 is 0 Å². The summed E-state index contributed by atoms with van der Waals surface area (Å²) in [6.45, 7) is 15.5. The molecule has 2 saturated heterocycles. The first-order valence-electron chi connectivity index (χ1n) is 13.0. The van der Waals surface area contributed by atoms with Gasteiger partial charge in [-0.05, 0) is 73.7 Å². The van der Waals surface area contributed by atoms with E-state index in [2.05, 4.69) is 67.9 Å². The SMILES string of the molecule is CC(C)(C)[Si](C)(C)O[C@@H]1C[C@@H](CN2CCCCC2)N(C(=O)c2ccc(-c3ccccc3)cc2)C1. The van der Waals surface area contributed by atoms with E-state index < -0.39 is 8.32 Å². The van der Waals surface area contributed by atoms with Crippen molar-refractivity contribution in [2.45, 2.75) is 76.7 Å². The lowest BCUT2D eigenvalue weighted by Crippen LogP contribution is -2.45. The summed E-state index contributed by atoms with van der Waals surface area (Å²) in [4.78, 5) is 18.4. The molecule has 2 aromatic rings. The Bertz CT molecular complexity index is 946. The Morgan fingerprint density at radius 2 is 1.56 bits per heavy atom. The predicted molar refractivity (Wildman–Crippen MR) is 144 cm³/mol. The minimum Gasteiger partial charge on any atom is -0.412 e. The molecule has 2 atom stereocenters. The van der Waals surface area contributed by atoms with Gasteiger partial charge in [0.15, 0.2) is 8.32 Å². The Balaban J connectivity index is 1.51. The van der Waals surface area contributed by atoms with Gasteiger partial charge in [0.2, 0.25) is 0 Å². The summed E-state index contributed by atoms with van der Waals surface area (Å²) < 4.78 is 6.80. The number of rotatable bonds is 6. The number of carbonyl (C=O) groups is 1. The Morgan fingerprint density at radius 3 is 2.18 bits per heavy atom. The molecule has 2 aromatic carbocycles. The smallest absolute Gasteiger partial charge is 0.254 e. The van der Waals surface area contributed by atoms with Crippen molar-refractivity contribution >= 4 is 14.2 Å². The van der Waals surface area contributed by atoms with Crippen LogP contribution in [0.2, 0.25) is 18.1 Å². The molecular weight excluding hydrogens is 436 g/mol. The molecule has 2 aliphatic heterocycles. The van der Waals surface area contributed by atoms with Crippen molar-refractivity contribution in [3.05, 3.63) is 60.2 Å². The van der Waals surface area contributed by atoms with Gasteiger partial charge in [0, 0.05) is 24.7 Å². The largest absolute Gasteiger partial charge is 0.412 e. The van der Waals surface area contributed by atoms with Gasteiger partial charge in [-0.1, -0.05) is 69.7 Å². The second-order valence-electron chi connectivity index (χ2n) is 11.7. The minimum atomic E-state index is -1.89. The highest BCUT2D eigenvalue weighted by atomic mass is 28.4. The number of amides is 1. The van der Waals surface area contributed by atoms with Gasteiger partial charge in [-0.15, -0.1) is 0 Å². The number of hydrogen-bond acceptors (Lipinski definition) is 3. The lowest BCUT2D eigenvalue weighted by atomic mass is 10.0. The second kappa shape index (κ2) is 10.3. The van der Waals surface area contributed by atoms with E-state index in [1.807, 2.05) is 30.3 Å². The molecule has 0 spiro atoms. The third-order valence-electron chi connectivity index (χ3n) is 8.06. The molecule has 0 aliphatic carbocycles. The Labute approximate surface area is 207 Å². The summed E-state index contributed by atoms with van der Waals surface area (Å²) in [5, 5.41) is 0.167. The molecule has 184 valence electrons. The van der Waals surface area contributed by atoms with Crippen molar-refractivity contribution in [3.63, 3.8) is 0 Å². The molecule has 2 heterocycles. The first-order chi connectivity index (χ1) is 16.1. The molecule has 2 fully saturated rings. The van der Waals surface area contributed by atoms with Crippen molar-refractivity contribution in [2.75, 3.05) is 26.2 Å². The van der Waals surface area contributed by atoms with Crippen molar-refractivity contribution < 1.29 is 9.22 Å². The molecule has 0 aromatic heterocycles. The highest BCUT2D eigenvalue weighted by Gasteiger charge is 2.44. The van der Waals surface area contributed by atoms with Gasteiger partial charge in [0.25, 0.3) is 5.91 Å². The first-order valence-corrected chi connectivity index (χ1v) is 15.9. The number of piperidine rings is 1. The number of benzene rings is 2. The van der Waals surface area contributed by atoms with Crippen LogP contribution in [0, 0.1) is 0 Å². The summed E-state index contributed by atoms with van der Waals surface area (Å²) in [7, 11) is -1.89. The van der Waals surface area contributed by atoms with Crippen LogP contribution in [0.5, 0.6) is 0 Å². The van der Waals surface area contributed by atoms with Crippen molar-refractivity contribution in [3.8, 4) is 11.1 Å². The van der Waals surface area contributed by atoms with E-state index in [0.29, 0.717) is 6.54 Å². The predicted octanol–water partition coefficient (Wildman–Crippen LogP) is 6.44. The third-order valence-corrected chi connectivity index (χ3v) is 12.6. The molecule has 5 heteroatoms. The fourth-order valence-electron chi connectivity index (χ4n) is 5.02. The Morgan fingerprint density at radius 1 is 0.941 bits per heavy atom. The first kappa shape index (κ1) is 25.1. The Kier molecular flexibility index (Phi) is 7.65. The maximum atomic E-state index is 13.7. The van der Waals surface area contributed by atoms with Gasteiger partial charge in [0.1, 0.15) is 0 Å². The number of hydrogen-bond donors (Lipinski definition) is 0. The normalized spacial score (nSPS) is 22.2. The highest BCUT2D eigenvalue weighted by Crippen LogP contribution is 2.39. The van der Waals surface area contributed by atoms with Gasteiger partial charge in [-0.2, -0.15) is 0 Å². The average Bonchev–Trinajstić information content (AvgIpc) is 3.20. The van der Waals surface area contributed by atoms with E-state index in [9.17, 15) is 4.79 Å². The molecule has 0 N–H and O–H groups in total. The monoisotopic (exact) mass is 478 g/mol. The summed E-state index contributed by atoms with van der Waals surface area (Å²) in [5.41, 5.74) is 3.09. The van der Waals surface area contributed by atoms with E-state index in [-0.39, 0.29) is 23.1 Å². The van der Waals surface area contributed by atoms with Crippen LogP contribution in [0.25, 0.3) is 11.1 Å². The minimum absolute atomic E-state index is 0.128. The molecule has 4 rings (SSSR count). The van der Waals surface area contributed by atoms with Crippen LogP contribution >= 0.6 is 0 Å². The molecule has 4 nitrogen and oxygen atoms in total. The lowest BCUT2D eigenvalue weighted by Gasteiger charge is -2.38. The quantitative estimate of drug-likeness (QED) is 0.448. The van der Waals surface area contributed by atoms with Crippen LogP contribution in [0.1, 0.15) is 56.8 Å². The molecule has 0 unspecified atom stereocenters. The maximum Gasteiger partial charge on any atom is 0.254 e. The van der Waals surface area contributed by atoms with Gasteiger partial charge in [-0.25, -0.2) is 0 Å². The van der Waals surface area contributed by atoms with E-state index in [1.165, 1.54) is 24.8 Å². The standard InChI is InChI=1S/C29H42N2O2Si/c1-29(2,3)34(4,5)33-27-20-26(21-30-18-10-7-11-19-30)31(22-27)28(32)25-16-14-24(15-17-25)23-12-8-6-9-13-23/h6,8-9,12-17,26-27H,7,10-11,18-22H2,1-5H3/t26-,27+/m0/s1. The van der Waals surface area contributed by atoms with Crippen LogP contribution in [-0.4, -0.2) is 62.3 Å². The summed E-state index contributed by atoms with van der Waals surface area (Å²) in [6.07, 6.45) is 4.94. The second-order valence-corrected chi connectivity index (χ2v) is 16.4. The fourth-order valence-corrected chi connectivity index (χ4v) is 6.37. The zero-order valence-electron chi connectivity index (χ0n) is 21.7. The van der Waals surface area contributed by atoms with Gasteiger partial charge >= 0.3 is 0 Å². The van der Waals surface area contributed by atoms with E-state index in [0.717, 1.165) is 37.2 Å².